The van der Waals surface area contributed by atoms with Gasteiger partial charge >= 0.3 is 0 Å². The Labute approximate surface area is 102 Å². The van der Waals surface area contributed by atoms with E-state index < -0.39 is 0 Å². The van der Waals surface area contributed by atoms with Crippen LogP contribution >= 0.6 is 11.3 Å². The van der Waals surface area contributed by atoms with Gasteiger partial charge in [-0.25, -0.2) is 4.98 Å². The van der Waals surface area contributed by atoms with E-state index in [1.54, 1.807) is 0 Å². The summed E-state index contributed by atoms with van der Waals surface area (Å²) in [6.07, 6.45) is 4.97. The monoisotopic (exact) mass is 238 g/mol. The van der Waals surface area contributed by atoms with E-state index in [0.29, 0.717) is 6.04 Å². The standard InChI is InChI=1S/C13H22N2S/c1-4-9(3)14-8-11-13(10-6-7-10)15-12(5-2)16-11/h9-10,14H,4-8H2,1-3H3. The van der Waals surface area contributed by atoms with Crippen LogP contribution < -0.4 is 5.32 Å². The maximum Gasteiger partial charge on any atom is 0.0929 e. The van der Waals surface area contributed by atoms with Crippen LogP contribution in [-0.4, -0.2) is 11.0 Å². The van der Waals surface area contributed by atoms with E-state index in [-0.39, 0.29) is 0 Å². The van der Waals surface area contributed by atoms with Crippen molar-refractivity contribution < 1.29 is 0 Å². The SMILES string of the molecule is CCc1nc(C2CC2)c(CNC(C)CC)s1. The first-order valence-corrected chi connectivity index (χ1v) is 7.28. The van der Waals surface area contributed by atoms with E-state index in [1.807, 2.05) is 11.3 Å². The molecule has 0 aliphatic heterocycles. The molecule has 1 aliphatic rings. The third kappa shape index (κ3) is 2.83. The molecule has 0 saturated heterocycles. The minimum absolute atomic E-state index is 0.610. The number of nitrogens with zero attached hydrogens (tertiary/aromatic N) is 1. The molecule has 1 fully saturated rings. The average Bonchev–Trinajstić information content (AvgIpc) is 3.07. The molecule has 0 bridgehead atoms. The Bertz CT molecular complexity index is 342. The molecule has 0 spiro atoms. The fourth-order valence-corrected chi connectivity index (χ4v) is 2.82. The largest absolute Gasteiger partial charge is 0.309 e. The summed E-state index contributed by atoms with van der Waals surface area (Å²) in [5.74, 6) is 0.783. The predicted octanol–water partition coefficient (Wildman–Crippen LogP) is 3.47. The molecule has 1 heterocycles. The van der Waals surface area contributed by atoms with Crippen LogP contribution in [0.5, 0.6) is 0 Å². The molecule has 0 radical (unpaired) electrons. The van der Waals surface area contributed by atoms with Crippen molar-refractivity contribution in [1.29, 1.82) is 0 Å². The third-order valence-corrected chi connectivity index (χ3v) is 4.48. The van der Waals surface area contributed by atoms with E-state index in [1.165, 1.54) is 34.8 Å². The summed E-state index contributed by atoms with van der Waals surface area (Å²) in [5, 5.41) is 4.89. The van der Waals surface area contributed by atoms with Crippen molar-refractivity contribution in [2.75, 3.05) is 0 Å². The smallest absolute Gasteiger partial charge is 0.0929 e. The van der Waals surface area contributed by atoms with Crippen molar-refractivity contribution in [1.82, 2.24) is 10.3 Å². The van der Waals surface area contributed by atoms with Gasteiger partial charge in [0.15, 0.2) is 0 Å². The molecule has 90 valence electrons. The van der Waals surface area contributed by atoms with Crippen LogP contribution in [0.25, 0.3) is 0 Å². The van der Waals surface area contributed by atoms with Crippen LogP contribution in [0.4, 0.5) is 0 Å². The average molecular weight is 238 g/mol. The first-order chi connectivity index (χ1) is 7.74. The minimum atomic E-state index is 0.610. The van der Waals surface area contributed by atoms with Crippen molar-refractivity contribution in [2.45, 2.75) is 65.0 Å². The third-order valence-electron chi connectivity index (χ3n) is 3.26. The number of thiazole rings is 1. The molecule has 1 unspecified atom stereocenters. The molecule has 3 heteroatoms. The molecule has 1 atom stereocenters. The zero-order chi connectivity index (χ0) is 11.5. The normalized spacial score (nSPS) is 17.7. The summed E-state index contributed by atoms with van der Waals surface area (Å²) in [4.78, 5) is 6.26. The van der Waals surface area contributed by atoms with Gasteiger partial charge in [0.2, 0.25) is 0 Å². The van der Waals surface area contributed by atoms with Gasteiger partial charge in [-0.2, -0.15) is 0 Å². The Morgan fingerprint density at radius 2 is 2.19 bits per heavy atom. The Kier molecular flexibility index (Phi) is 3.98. The quantitative estimate of drug-likeness (QED) is 0.821. The van der Waals surface area contributed by atoms with Gasteiger partial charge in [0.05, 0.1) is 10.7 Å². The summed E-state index contributed by atoms with van der Waals surface area (Å²) < 4.78 is 0. The summed E-state index contributed by atoms with van der Waals surface area (Å²) >= 11 is 1.91. The number of rotatable bonds is 6. The van der Waals surface area contributed by atoms with Crippen LogP contribution in [0.15, 0.2) is 0 Å². The summed E-state index contributed by atoms with van der Waals surface area (Å²) in [6.45, 7) is 7.68. The van der Waals surface area contributed by atoms with Gasteiger partial charge in [-0.1, -0.05) is 13.8 Å². The highest BCUT2D eigenvalue weighted by molar-refractivity contribution is 7.11. The second kappa shape index (κ2) is 5.28. The van der Waals surface area contributed by atoms with Crippen molar-refractivity contribution in [3.8, 4) is 0 Å². The van der Waals surface area contributed by atoms with Gasteiger partial charge < -0.3 is 5.32 Å². The number of aryl methyl sites for hydroxylation is 1. The van der Waals surface area contributed by atoms with Crippen molar-refractivity contribution in [3.05, 3.63) is 15.6 Å². The first-order valence-electron chi connectivity index (χ1n) is 6.46. The van der Waals surface area contributed by atoms with Crippen molar-refractivity contribution in [3.63, 3.8) is 0 Å². The lowest BCUT2D eigenvalue weighted by molar-refractivity contribution is 0.535. The van der Waals surface area contributed by atoms with E-state index in [4.69, 9.17) is 4.98 Å². The highest BCUT2D eigenvalue weighted by Crippen LogP contribution is 2.42. The fourth-order valence-electron chi connectivity index (χ4n) is 1.78. The molecule has 16 heavy (non-hydrogen) atoms. The maximum absolute atomic E-state index is 4.77. The van der Waals surface area contributed by atoms with Crippen LogP contribution in [0.2, 0.25) is 0 Å². The molecular weight excluding hydrogens is 216 g/mol. The van der Waals surface area contributed by atoms with Crippen LogP contribution in [-0.2, 0) is 13.0 Å². The van der Waals surface area contributed by atoms with Crippen molar-refractivity contribution in [2.24, 2.45) is 0 Å². The van der Waals surface area contributed by atoms with E-state index in [9.17, 15) is 0 Å². The van der Waals surface area contributed by atoms with Gasteiger partial charge in [-0.3, -0.25) is 0 Å². The van der Waals surface area contributed by atoms with Crippen LogP contribution in [0, 0.1) is 0 Å². The Morgan fingerprint density at radius 1 is 1.44 bits per heavy atom. The number of nitrogens with one attached hydrogen (secondary N) is 1. The number of aromatic nitrogens is 1. The van der Waals surface area contributed by atoms with Crippen LogP contribution in [0.1, 0.15) is 61.5 Å². The van der Waals surface area contributed by atoms with Gasteiger partial charge in [-0.05, 0) is 32.6 Å². The first kappa shape index (κ1) is 12.1. The Hall–Kier alpha value is -0.410. The molecule has 2 rings (SSSR count). The fraction of sp³-hybridized carbons (Fsp3) is 0.769. The Balaban J connectivity index is 2.03. The minimum Gasteiger partial charge on any atom is -0.309 e. The van der Waals surface area contributed by atoms with Crippen LogP contribution in [0.3, 0.4) is 0 Å². The van der Waals surface area contributed by atoms with E-state index in [2.05, 4.69) is 26.1 Å². The molecule has 1 saturated carbocycles. The summed E-state index contributed by atoms with van der Waals surface area (Å²) in [6, 6.07) is 0.610. The highest BCUT2D eigenvalue weighted by atomic mass is 32.1. The van der Waals surface area contributed by atoms with E-state index in [0.717, 1.165) is 18.9 Å². The van der Waals surface area contributed by atoms with E-state index >= 15 is 0 Å². The molecule has 2 nitrogen and oxygen atoms in total. The number of hydrogen-bond donors (Lipinski definition) is 1. The zero-order valence-corrected chi connectivity index (χ0v) is 11.4. The van der Waals surface area contributed by atoms with Gasteiger partial charge in [0.1, 0.15) is 0 Å². The predicted molar refractivity (Wildman–Crippen MR) is 70.1 cm³/mol. The molecule has 1 N–H and O–H groups in total. The topological polar surface area (TPSA) is 24.9 Å². The lowest BCUT2D eigenvalue weighted by Gasteiger charge is -2.10. The summed E-state index contributed by atoms with van der Waals surface area (Å²) in [7, 11) is 0. The molecule has 1 aromatic rings. The molecular formula is C13H22N2S. The van der Waals surface area contributed by atoms with Crippen molar-refractivity contribution >= 4 is 11.3 Å². The van der Waals surface area contributed by atoms with Gasteiger partial charge in [-0.15, -0.1) is 11.3 Å². The molecule has 1 aromatic heterocycles. The second-order valence-electron chi connectivity index (χ2n) is 4.73. The summed E-state index contributed by atoms with van der Waals surface area (Å²) in [5.41, 5.74) is 1.40. The maximum atomic E-state index is 4.77. The van der Waals surface area contributed by atoms with Gasteiger partial charge in [0, 0.05) is 23.4 Å². The zero-order valence-electron chi connectivity index (χ0n) is 10.5. The molecule has 0 aromatic carbocycles. The molecule has 0 amide bonds. The lowest BCUT2D eigenvalue weighted by Crippen LogP contribution is -2.24. The molecule has 1 aliphatic carbocycles. The Morgan fingerprint density at radius 3 is 2.75 bits per heavy atom. The van der Waals surface area contributed by atoms with Gasteiger partial charge in [0.25, 0.3) is 0 Å². The number of hydrogen-bond acceptors (Lipinski definition) is 3. The lowest BCUT2D eigenvalue weighted by atomic mass is 10.2. The highest BCUT2D eigenvalue weighted by Gasteiger charge is 2.29. The second-order valence-corrected chi connectivity index (χ2v) is 5.90.